The number of nitrogens with zero attached hydrogens (tertiary/aromatic N) is 1. The number of carbonyl (C=O) groups is 1. The Hall–Kier alpha value is -2.16. The molecule has 4 nitrogen and oxygen atoms in total. The Morgan fingerprint density at radius 1 is 1.45 bits per heavy atom. The minimum absolute atomic E-state index is 0.194. The summed E-state index contributed by atoms with van der Waals surface area (Å²) >= 11 is 1.65. The van der Waals surface area contributed by atoms with Crippen molar-refractivity contribution in [2.24, 2.45) is 0 Å². The van der Waals surface area contributed by atoms with Crippen molar-refractivity contribution in [3.63, 3.8) is 0 Å². The summed E-state index contributed by atoms with van der Waals surface area (Å²) in [6, 6.07) is 5.65. The van der Waals surface area contributed by atoms with Gasteiger partial charge in [-0.15, -0.1) is 11.3 Å². The van der Waals surface area contributed by atoms with Gasteiger partial charge in [-0.1, -0.05) is 11.8 Å². The van der Waals surface area contributed by atoms with Crippen LogP contribution in [0.5, 0.6) is 0 Å². The lowest BCUT2D eigenvalue weighted by molar-refractivity contribution is 0.0951. The first-order chi connectivity index (χ1) is 9.70. The van der Waals surface area contributed by atoms with Crippen LogP contribution in [0, 0.1) is 18.8 Å². The number of pyridine rings is 1. The molecule has 0 radical (unpaired) electrons. The van der Waals surface area contributed by atoms with Crippen LogP contribution in [0.1, 0.15) is 25.7 Å². The second kappa shape index (κ2) is 6.85. The maximum Gasteiger partial charge on any atom is 0.252 e. The van der Waals surface area contributed by atoms with E-state index in [-0.39, 0.29) is 12.5 Å². The lowest BCUT2D eigenvalue weighted by Gasteiger charge is -2.05. The molecule has 0 bridgehead atoms. The molecule has 0 aliphatic rings. The first-order valence-electron chi connectivity index (χ1n) is 6.08. The lowest BCUT2D eigenvalue weighted by atomic mass is 10.1. The molecule has 1 amide bonds. The zero-order valence-corrected chi connectivity index (χ0v) is 11.8. The zero-order valence-electron chi connectivity index (χ0n) is 11.0. The number of aromatic nitrogens is 1. The summed E-state index contributed by atoms with van der Waals surface area (Å²) in [4.78, 5) is 18.4. The number of hydrogen-bond acceptors (Lipinski definition) is 4. The highest BCUT2D eigenvalue weighted by Crippen LogP contribution is 2.15. The van der Waals surface area contributed by atoms with Crippen LogP contribution < -0.4 is 5.32 Å². The van der Waals surface area contributed by atoms with E-state index < -0.39 is 0 Å². The monoisotopic (exact) mass is 286 g/mol. The zero-order chi connectivity index (χ0) is 14.4. The van der Waals surface area contributed by atoms with Crippen LogP contribution in [0.4, 0.5) is 0 Å². The van der Waals surface area contributed by atoms with Crippen LogP contribution in [0.2, 0.25) is 0 Å². The van der Waals surface area contributed by atoms with E-state index in [2.05, 4.69) is 22.1 Å². The second-order valence-corrected chi connectivity index (χ2v) is 5.45. The molecule has 102 valence electrons. The molecule has 20 heavy (non-hydrogen) atoms. The van der Waals surface area contributed by atoms with Crippen molar-refractivity contribution in [2.75, 3.05) is 6.61 Å². The Bertz CT molecular complexity index is 668. The molecule has 2 aromatic heterocycles. The van der Waals surface area contributed by atoms with Crippen molar-refractivity contribution in [1.29, 1.82) is 0 Å². The van der Waals surface area contributed by atoms with Gasteiger partial charge in [0.2, 0.25) is 0 Å². The molecule has 0 fully saturated rings. The molecule has 0 spiro atoms. The van der Waals surface area contributed by atoms with Crippen LogP contribution in [-0.4, -0.2) is 22.6 Å². The quantitative estimate of drug-likeness (QED) is 0.845. The molecule has 2 N–H and O–H groups in total. The van der Waals surface area contributed by atoms with E-state index in [1.807, 2.05) is 19.1 Å². The molecule has 0 atom stereocenters. The van der Waals surface area contributed by atoms with Crippen LogP contribution in [0.3, 0.4) is 0 Å². The van der Waals surface area contributed by atoms with E-state index in [0.717, 1.165) is 4.88 Å². The topological polar surface area (TPSA) is 62.2 Å². The van der Waals surface area contributed by atoms with Crippen molar-refractivity contribution in [1.82, 2.24) is 10.3 Å². The van der Waals surface area contributed by atoms with E-state index in [9.17, 15) is 4.79 Å². The summed E-state index contributed by atoms with van der Waals surface area (Å²) in [7, 11) is 0. The van der Waals surface area contributed by atoms with Gasteiger partial charge in [-0.3, -0.25) is 9.78 Å². The Labute approximate surface area is 121 Å². The summed E-state index contributed by atoms with van der Waals surface area (Å²) in [5, 5.41) is 11.6. The fourth-order valence-electron chi connectivity index (χ4n) is 1.67. The number of hydrogen-bond donors (Lipinski definition) is 2. The summed E-state index contributed by atoms with van der Waals surface area (Å²) in [5.41, 5.74) is 0.982. The molecule has 0 aliphatic heterocycles. The number of aliphatic hydroxyl groups excluding tert-OH is 1. The van der Waals surface area contributed by atoms with Gasteiger partial charge in [-0.25, -0.2) is 0 Å². The maximum atomic E-state index is 12.1. The Balaban J connectivity index is 2.09. The van der Waals surface area contributed by atoms with Gasteiger partial charge in [0.05, 0.1) is 17.7 Å². The van der Waals surface area contributed by atoms with Crippen molar-refractivity contribution in [2.45, 2.75) is 13.5 Å². The SMILES string of the molecule is Cc1ccc(CNC(=O)c2ccncc2C#CCO)s1. The van der Waals surface area contributed by atoms with Gasteiger partial charge in [-0.05, 0) is 25.1 Å². The fourth-order valence-corrected chi connectivity index (χ4v) is 2.50. The largest absolute Gasteiger partial charge is 0.384 e. The fraction of sp³-hybridized carbons (Fsp3) is 0.200. The molecular formula is C15H14N2O2S. The summed E-state index contributed by atoms with van der Waals surface area (Å²) < 4.78 is 0. The van der Waals surface area contributed by atoms with Gasteiger partial charge < -0.3 is 10.4 Å². The highest BCUT2D eigenvalue weighted by atomic mass is 32.1. The van der Waals surface area contributed by atoms with Crippen LogP contribution >= 0.6 is 11.3 Å². The molecule has 5 heteroatoms. The number of carbonyl (C=O) groups excluding carboxylic acids is 1. The minimum atomic E-state index is -0.246. The van der Waals surface area contributed by atoms with Crippen molar-refractivity contribution in [3.8, 4) is 11.8 Å². The molecule has 2 aromatic rings. The Morgan fingerprint density at radius 2 is 2.30 bits per heavy atom. The van der Waals surface area contributed by atoms with Crippen molar-refractivity contribution in [3.05, 3.63) is 51.5 Å². The molecule has 0 saturated heterocycles. The Morgan fingerprint density at radius 3 is 3.00 bits per heavy atom. The van der Waals surface area contributed by atoms with Gasteiger partial charge in [0, 0.05) is 22.1 Å². The molecule has 2 rings (SSSR count). The highest BCUT2D eigenvalue weighted by Gasteiger charge is 2.10. The maximum absolute atomic E-state index is 12.1. The third kappa shape index (κ3) is 3.67. The first kappa shape index (κ1) is 14.3. The van der Waals surface area contributed by atoms with E-state index >= 15 is 0 Å². The van der Waals surface area contributed by atoms with E-state index in [4.69, 9.17) is 5.11 Å². The summed E-state index contributed by atoms with van der Waals surface area (Å²) in [6.45, 7) is 2.28. The number of rotatable bonds is 3. The summed E-state index contributed by atoms with van der Waals surface area (Å²) in [5.74, 6) is 5.06. The number of aryl methyl sites for hydroxylation is 1. The number of nitrogens with one attached hydrogen (secondary N) is 1. The first-order valence-corrected chi connectivity index (χ1v) is 6.89. The molecular weight excluding hydrogens is 272 g/mol. The smallest absolute Gasteiger partial charge is 0.252 e. The second-order valence-electron chi connectivity index (χ2n) is 4.08. The molecule has 0 saturated carbocycles. The molecule has 0 aliphatic carbocycles. The number of amides is 1. The number of thiophene rings is 1. The average molecular weight is 286 g/mol. The van der Waals surface area contributed by atoms with Gasteiger partial charge in [0.15, 0.2) is 0 Å². The minimum Gasteiger partial charge on any atom is -0.384 e. The van der Waals surface area contributed by atoms with Gasteiger partial charge >= 0.3 is 0 Å². The van der Waals surface area contributed by atoms with E-state index in [0.29, 0.717) is 17.7 Å². The Kier molecular flexibility index (Phi) is 4.88. The van der Waals surface area contributed by atoms with Gasteiger partial charge in [-0.2, -0.15) is 0 Å². The average Bonchev–Trinajstić information content (AvgIpc) is 2.88. The summed E-state index contributed by atoms with van der Waals surface area (Å²) in [6.07, 6.45) is 3.07. The third-order valence-electron chi connectivity index (χ3n) is 2.59. The van der Waals surface area contributed by atoms with Gasteiger partial charge in [0.1, 0.15) is 6.61 Å². The highest BCUT2D eigenvalue weighted by molar-refractivity contribution is 7.11. The normalized spacial score (nSPS) is 9.70. The van der Waals surface area contributed by atoms with Crippen LogP contribution in [-0.2, 0) is 6.54 Å². The predicted octanol–water partition coefficient (Wildman–Crippen LogP) is 1.73. The molecule has 0 aromatic carbocycles. The molecule has 2 heterocycles. The van der Waals surface area contributed by atoms with Crippen LogP contribution in [0.25, 0.3) is 0 Å². The van der Waals surface area contributed by atoms with Gasteiger partial charge in [0.25, 0.3) is 5.91 Å². The predicted molar refractivity (Wildman–Crippen MR) is 78.4 cm³/mol. The standard InChI is InChI=1S/C15H14N2O2S/c1-11-4-5-13(20-11)10-17-15(19)14-6-7-16-9-12(14)3-2-8-18/h4-7,9,18H,8,10H2,1H3,(H,17,19). The van der Waals surface area contributed by atoms with Crippen molar-refractivity contribution < 1.29 is 9.90 Å². The van der Waals surface area contributed by atoms with E-state index in [1.165, 1.54) is 11.1 Å². The molecule has 0 unspecified atom stereocenters. The van der Waals surface area contributed by atoms with Crippen molar-refractivity contribution >= 4 is 17.2 Å². The lowest BCUT2D eigenvalue weighted by Crippen LogP contribution is -2.23. The van der Waals surface area contributed by atoms with E-state index in [1.54, 1.807) is 23.6 Å². The van der Waals surface area contributed by atoms with Crippen LogP contribution in [0.15, 0.2) is 30.6 Å². The number of aliphatic hydroxyl groups is 1. The third-order valence-corrected chi connectivity index (χ3v) is 3.59.